The highest BCUT2D eigenvalue weighted by atomic mass is 35.5. The second kappa shape index (κ2) is 12.5. The first-order chi connectivity index (χ1) is 23.9. The molecule has 0 spiro atoms. The van der Waals surface area contributed by atoms with Crippen LogP contribution in [-0.4, -0.2) is 63.4 Å². The maximum Gasteiger partial charge on any atom is 0.305 e. The first-order valence-electron chi connectivity index (χ1n) is 16.2. The molecule has 2 aliphatic carbocycles. The highest BCUT2D eigenvalue weighted by molar-refractivity contribution is 6.36. The van der Waals surface area contributed by atoms with Crippen LogP contribution in [0.1, 0.15) is 41.9 Å². The van der Waals surface area contributed by atoms with Crippen LogP contribution in [0.4, 0.5) is 5.69 Å². The first kappa shape index (κ1) is 33.6. The number of carboxylic acids is 1. The predicted octanol–water partition coefficient (Wildman–Crippen LogP) is 5.48. The number of benzene rings is 3. The number of nitrogens with zero attached hydrogens (tertiary/aromatic N) is 2. The Bertz CT molecular complexity index is 2000. The Labute approximate surface area is 297 Å². The smallest absolute Gasteiger partial charge is 0.305 e. The molecule has 3 N–H and O–H groups in total. The molecule has 3 aromatic rings. The van der Waals surface area contributed by atoms with E-state index in [-0.39, 0.29) is 35.8 Å². The number of phenols is 1. The fraction of sp³-hybridized carbons (Fsp3) is 0.324. The van der Waals surface area contributed by atoms with Crippen LogP contribution in [0, 0.1) is 30.6 Å². The van der Waals surface area contributed by atoms with Crippen LogP contribution >= 0.6 is 23.2 Å². The lowest BCUT2D eigenvalue weighted by Crippen LogP contribution is -2.53. The van der Waals surface area contributed by atoms with E-state index < -0.39 is 71.0 Å². The molecule has 1 saturated carbocycles. The van der Waals surface area contributed by atoms with Gasteiger partial charge in [0.1, 0.15) is 11.5 Å². The SMILES string of the molecule is COc1ccc(C23C(=O)N(Nc4ccc(Cl)cc4Cl)C(=O)C2CC2C(=CCC4C(=O)N(CCC(=O)O)C(=O)C42)C3c2cccc(C)c2O)cc1. The summed E-state index contributed by atoms with van der Waals surface area (Å²) in [6.07, 6.45) is 1.67. The van der Waals surface area contributed by atoms with E-state index >= 15 is 4.79 Å². The molecular formula is C37H33Cl2N3O8. The van der Waals surface area contributed by atoms with Crippen molar-refractivity contribution < 1.29 is 38.9 Å². The van der Waals surface area contributed by atoms with E-state index in [9.17, 15) is 29.4 Å². The van der Waals surface area contributed by atoms with Crippen LogP contribution in [-0.2, 0) is 29.4 Å². The molecule has 2 saturated heterocycles. The minimum absolute atomic E-state index is 0.0327. The van der Waals surface area contributed by atoms with Gasteiger partial charge in [0.05, 0.1) is 47.4 Å². The number of aryl methyl sites for hydroxylation is 1. The summed E-state index contributed by atoms with van der Waals surface area (Å²) in [7, 11) is 1.52. The van der Waals surface area contributed by atoms with Gasteiger partial charge < -0.3 is 14.9 Å². The zero-order chi connectivity index (χ0) is 35.6. The van der Waals surface area contributed by atoms with Gasteiger partial charge >= 0.3 is 5.97 Å². The number of para-hydroxylation sites is 1. The standard InChI is InChI=1S/C37H33Cl2N3O8/c1-18-4-3-5-24(32(18)45)31-22-11-12-23-30(35(48)41(33(23)46)15-14-29(43)44)25(22)17-26-34(47)42(40-28-13-8-20(38)16-27(28)39)36(49)37(26,31)19-6-9-21(50-2)10-7-19/h3-11,13,16,23,25-26,30-31,40,45H,12,14-15,17H2,1-2H3,(H,43,44). The Morgan fingerprint density at radius 1 is 1.00 bits per heavy atom. The number of hydrogen-bond donors (Lipinski definition) is 3. The summed E-state index contributed by atoms with van der Waals surface area (Å²) in [5.74, 6) is -7.09. The summed E-state index contributed by atoms with van der Waals surface area (Å²) in [5.41, 5.74) is 3.68. The molecule has 3 fully saturated rings. The van der Waals surface area contributed by atoms with Crippen molar-refractivity contribution in [2.24, 2.45) is 23.7 Å². The number of carboxylic acid groups (broad SMARTS) is 1. The Morgan fingerprint density at radius 2 is 1.74 bits per heavy atom. The molecule has 6 atom stereocenters. The molecule has 50 heavy (non-hydrogen) atoms. The van der Waals surface area contributed by atoms with Crippen LogP contribution in [0.5, 0.6) is 11.5 Å². The van der Waals surface area contributed by atoms with Crippen LogP contribution in [0.25, 0.3) is 0 Å². The minimum atomic E-state index is -1.62. The zero-order valence-corrected chi connectivity index (χ0v) is 28.6. The molecule has 11 nitrogen and oxygen atoms in total. The molecule has 0 radical (unpaired) electrons. The van der Waals surface area contributed by atoms with Crippen LogP contribution in [0.15, 0.2) is 72.3 Å². The lowest BCUT2D eigenvalue weighted by Gasteiger charge is -2.50. The third kappa shape index (κ3) is 4.97. The maximum atomic E-state index is 15.3. The Hall–Kier alpha value is -4.87. The molecule has 4 amide bonds. The van der Waals surface area contributed by atoms with Gasteiger partial charge in [-0.15, -0.1) is 0 Å². The van der Waals surface area contributed by atoms with Gasteiger partial charge in [-0.25, -0.2) is 0 Å². The number of imide groups is 2. The summed E-state index contributed by atoms with van der Waals surface area (Å²) in [4.78, 5) is 70.0. The summed E-state index contributed by atoms with van der Waals surface area (Å²) >= 11 is 12.6. The van der Waals surface area contributed by atoms with Gasteiger partial charge in [0.2, 0.25) is 11.8 Å². The number of hydrogen-bond acceptors (Lipinski definition) is 8. The second-order valence-electron chi connectivity index (χ2n) is 13.2. The highest BCUT2D eigenvalue weighted by Gasteiger charge is 2.70. The van der Waals surface area contributed by atoms with E-state index in [1.54, 1.807) is 61.5 Å². The van der Waals surface area contributed by atoms with Crippen molar-refractivity contribution in [3.8, 4) is 11.5 Å². The average Bonchev–Trinajstić information content (AvgIpc) is 3.46. The number of allylic oxidation sites excluding steroid dienone is 2. The number of fused-ring (bicyclic) bond motifs is 4. The summed E-state index contributed by atoms with van der Waals surface area (Å²) in [6, 6.07) is 16.7. The van der Waals surface area contributed by atoms with Gasteiger partial charge in [-0.3, -0.25) is 34.3 Å². The van der Waals surface area contributed by atoms with E-state index in [4.69, 9.17) is 27.9 Å². The second-order valence-corrected chi connectivity index (χ2v) is 14.0. The van der Waals surface area contributed by atoms with Crippen molar-refractivity contribution in [3.05, 3.63) is 99.0 Å². The number of aromatic hydroxyl groups is 1. The molecule has 2 aliphatic heterocycles. The van der Waals surface area contributed by atoms with E-state index in [1.807, 2.05) is 6.08 Å². The van der Waals surface area contributed by atoms with Crippen molar-refractivity contribution in [1.29, 1.82) is 0 Å². The normalized spacial score (nSPS) is 27.1. The molecule has 3 aromatic carbocycles. The fourth-order valence-electron chi connectivity index (χ4n) is 8.60. The van der Waals surface area contributed by atoms with Gasteiger partial charge in [0, 0.05) is 23.0 Å². The van der Waals surface area contributed by atoms with Gasteiger partial charge in [0.25, 0.3) is 11.8 Å². The van der Waals surface area contributed by atoms with E-state index in [0.717, 1.165) is 9.91 Å². The maximum absolute atomic E-state index is 15.3. The number of likely N-dealkylation sites (tertiary alicyclic amines) is 1. The first-order valence-corrected chi connectivity index (χ1v) is 17.0. The fourth-order valence-corrected chi connectivity index (χ4v) is 9.05. The molecule has 6 unspecified atom stereocenters. The lowest BCUT2D eigenvalue weighted by molar-refractivity contribution is -0.143. The topological polar surface area (TPSA) is 154 Å². The van der Waals surface area contributed by atoms with Gasteiger partial charge in [-0.05, 0) is 67.1 Å². The van der Waals surface area contributed by atoms with Crippen molar-refractivity contribution in [2.75, 3.05) is 19.1 Å². The number of anilines is 1. The summed E-state index contributed by atoms with van der Waals surface area (Å²) in [6.45, 7) is 1.47. The minimum Gasteiger partial charge on any atom is -0.507 e. The van der Waals surface area contributed by atoms with Gasteiger partial charge in [0.15, 0.2) is 0 Å². The number of amides is 4. The molecule has 13 heteroatoms. The lowest BCUT2D eigenvalue weighted by atomic mass is 9.49. The van der Waals surface area contributed by atoms with Crippen LogP contribution in [0.2, 0.25) is 10.0 Å². The quantitative estimate of drug-likeness (QED) is 0.203. The third-order valence-corrected chi connectivity index (χ3v) is 11.3. The Balaban J connectivity index is 1.45. The van der Waals surface area contributed by atoms with Crippen molar-refractivity contribution >= 4 is 58.5 Å². The molecule has 7 rings (SSSR count). The van der Waals surface area contributed by atoms with Crippen LogP contribution in [0.3, 0.4) is 0 Å². The molecule has 0 bridgehead atoms. The van der Waals surface area contributed by atoms with E-state index in [2.05, 4.69) is 5.43 Å². The number of carbonyl (C=O) groups excluding carboxylic acids is 4. The van der Waals surface area contributed by atoms with Crippen molar-refractivity contribution in [2.45, 2.75) is 37.5 Å². The molecule has 2 heterocycles. The predicted molar refractivity (Wildman–Crippen MR) is 182 cm³/mol. The number of rotatable bonds is 8. The van der Waals surface area contributed by atoms with Crippen molar-refractivity contribution in [1.82, 2.24) is 9.91 Å². The number of phenolic OH excluding ortho intramolecular Hbond substituents is 1. The number of halogens is 2. The number of carbonyl (C=O) groups is 5. The number of methoxy groups -OCH3 is 1. The van der Waals surface area contributed by atoms with Crippen molar-refractivity contribution in [3.63, 3.8) is 0 Å². The summed E-state index contributed by atoms with van der Waals surface area (Å²) < 4.78 is 5.42. The van der Waals surface area contributed by atoms with Crippen LogP contribution < -0.4 is 10.2 Å². The number of aliphatic carboxylic acids is 1. The van der Waals surface area contributed by atoms with E-state index in [1.165, 1.54) is 13.2 Å². The van der Waals surface area contributed by atoms with Gasteiger partial charge in [-0.1, -0.05) is 65.2 Å². The average molecular weight is 719 g/mol. The van der Waals surface area contributed by atoms with Gasteiger partial charge in [-0.2, -0.15) is 5.01 Å². The highest BCUT2D eigenvalue weighted by Crippen LogP contribution is 2.65. The molecule has 4 aliphatic rings. The number of ether oxygens (including phenoxy) is 1. The van der Waals surface area contributed by atoms with E-state index in [0.29, 0.717) is 33.0 Å². The molecular weight excluding hydrogens is 685 g/mol. The monoisotopic (exact) mass is 717 g/mol. The molecule has 258 valence electrons. The number of hydrazine groups is 1. The number of nitrogens with one attached hydrogen (secondary N) is 1. The Morgan fingerprint density at radius 3 is 2.42 bits per heavy atom. The molecule has 0 aromatic heterocycles. The third-order valence-electron chi connectivity index (χ3n) is 10.8. The summed E-state index contributed by atoms with van der Waals surface area (Å²) in [5, 5.41) is 22.5. The zero-order valence-electron chi connectivity index (χ0n) is 27.1. The largest absolute Gasteiger partial charge is 0.507 e. The Kier molecular flexibility index (Phi) is 8.39.